The summed E-state index contributed by atoms with van der Waals surface area (Å²) in [7, 11) is 0.935. The van der Waals surface area contributed by atoms with Gasteiger partial charge in [0.05, 0.1) is 7.11 Å². The Hall–Kier alpha value is -2.12. The summed E-state index contributed by atoms with van der Waals surface area (Å²) in [5.41, 5.74) is -3.74. The molecule has 0 amide bonds. The third kappa shape index (κ3) is 3.21. The second kappa shape index (κ2) is 5.25. The van der Waals surface area contributed by atoms with Crippen LogP contribution >= 0.6 is 0 Å². The van der Waals surface area contributed by atoms with Crippen LogP contribution in [0.5, 0.6) is 5.75 Å². The standard InChI is InChI=1S/C11H7F5O3/c1-19-10(18)6-4-5(2-3-7(6)17)8(9(12)13)11(14,15)16/h2-4,17H,1H3. The van der Waals surface area contributed by atoms with Crippen LogP contribution in [0.2, 0.25) is 0 Å². The molecule has 0 bridgehead atoms. The largest absolute Gasteiger partial charge is 0.507 e. The molecular weight excluding hydrogens is 275 g/mol. The number of esters is 1. The average molecular weight is 282 g/mol. The summed E-state index contributed by atoms with van der Waals surface area (Å²) in [6.07, 6.45) is -8.22. The Morgan fingerprint density at radius 1 is 1.26 bits per heavy atom. The number of halogens is 5. The number of aromatic hydroxyl groups is 1. The lowest BCUT2D eigenvalue weighted by Gasteiger charge is -2.12. The van der Waals surface area contributed by atoms with E-state index in [1.54, 1.807) is 0 Å². The molecule has 0 aromatic heterocycles. The number of alkyl halides is 3. The summed E-state index contributed by atoms with van der Waals surface area (Å²) < 4.78 is 66.3. The maximum absolute atomic E-state index is 12.5. The molecular formula is C11H7F5O3. The van der Waals surface area contributed by atoms with Gasteiger partial charge in [0.15, 0.2) is 0 Å². The Bertz CT molecular complexity index is 530. The normalized spacial score (nSPS) is 11.1. The zero-order valence-corrected chi connectivity index (χ0v) is 9.39. The summed E-state index contributed by atoms with van der Waals surface area (Å²) in [6, 6.07) is 1.82. The van der Waals surface area contributed by atoms with Crippen molar-refractivity contribution in [3.63, 3.8) is 0 Å². The van der Waals surface area contributed by atoms with Gasteiger partial charge in [0, 0.05) is 0 Å². The van der Waals surface area contributed by atoms with Crippen molar-refractivity contribution < 1.29 is 36.6 Å². The molecule has 0 fully saturated rings. The minimum Gasteiger partial charge on any atom is -0.507 e. The van der Waals surface area contributed by atoms with E-state index in [9.17, 15) is 31.9 Å². The summed E-state index contributed by atoms with van der Waals surface area (Å²) in [5, 5.41) is 9.27. The number of phenolic OH excluding ortho intramolecular Hbond substituents is 1. The van der Waals surface area contributed by atoms with Crippen LogP contribution in [-0.4, -0.2) is 24.4 Å². The first kappa shape index (κ1) is 14.9. The van der Waals surface area contributed by atoms with Crippen LogP contribution in [0, 0.1) is 0 Å². The van der Waals surface area contributed by atoms with E-state index in [0.29, 0.717) is 18.2 Å². The maximum atomic E-state index is 12.5. The van der Waals surface area contributed by atoms with Gasteiger partial charge in [-0.25, -0.2) is 4.79 Å². The van der Waals surface area contributed by atoms with Crippen molar-refractivity contribution >= 4 is 11.5 Å². The monoisotopic (exact) mass is 282 g/mol. The van der Waals surface area contributed by atoms with Crippen molar-refractivity contribution in [2.45, 2.75) is 6.18 Å². The lowest BCUT2D eigenvalue weighted by atomic mass is 10.0. The summed E-state index contributed by atoms with van der Waals surface area (Å²) in [5.74, 6) is -1.81. The Labute approximate surface area is 103 Å². The summed E-state index contributed by atoms with van der Waals surface area (Å²) in [4.78, 5) is 11.2. The van der Waals surface area contributed by atoms with Crippen molar-refractivity contribution in [2.24, 2.45) is 0 Å². The predicted molar refractivity (Wildman–Crippen MR) is 54.6 cm³/mol. The number of carbonyl (C=O) groups is 1. The molecule has 0 aliphatic rings. The van der Waals surface area contributed by atoms with E-state index in [1.165, 1.54) is 0 Å². The number of ether oxygens (including phenoxy) is 1. The Kier molecular flexibility index (Phi) is 4.13. The molecule has 1 N–H and O–H groups in total. The van der Waals surface area contributed by atoms with E-state index < -0.39 is 40.7 Å². The second-order valence-corrected chi connectivity index (χ2v) is 3.36. The molecule has 0 radical (unpaired) electrons. The van der Waals surface area contributed by atoms with E-state index in [2.05, 4.69) is 4.74 Å². The van der Waals surface area contributed by atoms with Crippen molar-refractivity contribution in [1.82, 2.24) is 0 Å². The highest BCUT2D eigenvalue weighted by molar-refractivity contribution is 5.93. The molecule has 19 heavy (non-hydrogen) atoms. The van der Waals surface area contributed by atoms with E-state index in [-0.39, 0.29) is 0 Å². The van der Waals surface area contributed by atoms with Gasteiger partial charge >= 0.3 is 12.1 Å². The second-order valence-electron chi connectivity index (χ2n) is 3.36. The van der Waals surface area contributed by atoms with Crippen LogP contribution in [0.3, 0.4) is 0 Å². The van der Waals surface area contributed by atoms with Gasteiger partial charge in [0.2, 0.25) is 0 Å². The molecule has 3 nitrogen and oxygen atoms in total. The van der Waals surface area contributed by atoms with Crippen LogP contribution in [-0.2, 0) is 4.74 Å². The van der Waals surface area contributed by atoms with Crippen LogP contribution in [0.15, 0.2) is 24.3 Å². The number of methoxy groups -OCH3 is 1. The lowest BCUT2D eigenvalue weighted by Crippen LogP contribution is -2.12. The first-order valence-electron chi connectivity index (χ1n) is 4.72. The fourth-order valence-corrected chi connectivity index (χ4v) is 1.34. The minimum absolute atomic E-state index is 0.489. The van der Waals surface area contributed by atoms with Crippen LogP contribution < -0.4 is 0 Å². The third-order valence-electron chi connectivity index (χ3n) is 2.16. The molecule has 0 aliphatic heterocycles. The molecule has 1 aromatic carbocycles. The quantitative estimate of drug-likeness (QED) is 0.668. The van der Waals surface area contributed by atoms with Gasteiger partial charge in [-0.15, -0.1) is 0 Å². The molecule has 0 spiro atoms. The fraction of sp³-hybridized carbons (Fsp3) is 0.182. The van der Waals surface area contributed by atoms with Crippen molar-refractivity contribution in [1.29, 1.82) is 0 Å². The van der Waals surface area contributed by atoms with E-state index in [4.69, 9.17) is 0 Å². The molecule has 0 atom stereocenters. The average Bonchev–Trinajstić information content (AvgIpc) is 2.28. The number of phenols is 1. The van der Waals surface area contributed by atoms with Crippen molar-refractivity contribution in [3.8, 4) is 5.75 Å². The van der Waals surface area contributed by atoms with E-state index >= 15 is 0 Å². The summed E-state index contributed by atoms with van der Waals surface area (Å²) in [6.45, 7) is 0. The smallest absolute Gasteiger partial charge is 0.422 e. The third-order valence-corrected chi connectivity index (χ3v) is 2.16. The number of hydrogen-bond donors (Lipinski definition) is 1. The predicted octanol–water partition coefficient (Wildman–Crippen LogP) is 3.35. The molecule has 0 aliphatic carbocycles. The van der Waals surface area contributed by atoms with E-state index in [1.807, 2.05) is 0 Å². The molecule has 8 heteroatoms. The number of benzene rings is 1. The zero-order valence-electron chi connectivity index (χ0n) is 9.39. The Balaban J connectivity index is 3.45. The topological polar surface area (TPSA) is 46.5 Å². The molecule has 0 saturated carbocycles. The Morgan fingerprint density at radius 3 is 2.26 bits per heavy atom. The first-order chi connectivity index (χ1) is 8.68. The van der Waals surface area contributed by atoms with Gasteiger partial charge < -0.3 is 9.84 Å². The number of carbonyl (C=O) groups excluding carboxylic acids is 1. The molecule has 0 saturated heterocycles. The minimum atomic E-state index is -5.29. The maximum Gasteiger partial charge on any atom is 0.422 e. The van der Waals surface area contributed by atoms with Gasteiger partial charge in [-0.1, -0.05) is 6.07 Å². The molecule has 0 heterocycles. The number of hydrogen-bond acceptors (Lipinski definition) is 3. The SMILES string of the molecule is COC(=O)c1cc(C(=C(F)F)C(F)(F)F)ccc1O. The van der Waals surface area contributed by atoms with Crippen LogP contribution in [0.4, 0.5) is 22.0 Å². The van der Waals surface area contributed by atoms with Crippen molar-refractivity contribution in [2.75, 3.05) is 7.11 Å². The van der Waals surface area contributed by atoms with Gasteiger partial charge in [0.25, 0.3) is 6.08 Å². The van der Waals surface area contributed by atoms with Gasteiger partial charge in [0.1, 0.15) is 16.9 Å². The molecule has 1 rings (SSSR count). The van der Waals surface area contributed by atoms with Crippen LogP contribution in [0.1, 0.15) is 15.9 Å². The van der Waals surface area contributed by atoms with Crippen LogP contribution in [0.25, 0.3) is 5.57 Å². The van der Waals surface area contributed by atoms with Gasteiger partial charge in [-0.05, 0) is 17.7 Å². The van der Waals surface area contributed by atoms with Gasteiger partial charge in [-0.2, -0.15) is 22.0 Å². The molecule has 1 aromatic rings. The highest BCUT2D eigenvalue weighted by Gasteiger charge is 2.39. The Morgan fingerprint density at radius 2 is 1.84 bits per heavy atom. The highest BCUT2D eigenvalue weighted by Crippen LogP contribution is 2.38. The number of rotatable bonds is 2. The van der Waals surface area contributed by atoms with Gasteiger partial charge in [-0.3, -0.25) is 0 Å². The molecule has 0 unspecified atom stereocenters. The first-order valence-corrected chi connectivity index (χ1v) is 4.72. The lowest BCUT2D eigenvalue weighted by molar-refractivity contribution is -0.0711. The number of allylic oxidation sites excluding steroid dienone is 1. The fourth-order valence-electron chi connectivity index (χ4n) is 1.34. The van der Waals surface area contributed by atoms with Crippen molar-refractivity contribution in [3.05, 3.63) is 35.4 Å². The zero-order chi connectivity index (χ0) is 14.8. The van der Waals surface area contributed by atoms with E-state index in [0.717, 1.165) is 7.11 Å². The summed E-state index contributed by atoms with van der Waals surface area (Å²) >= 11 is 0. The highest BCUT2D eigenvalue weighted by atomic mass is 19.4. The molecule has 104 valence electrons.